The van der Waals surface area contributed by atoms with Crippen molar-refractivity contribution in [1.29, 1.82) is 0 Å². The van der Waals surface area contributed by atoms with E-state index in [2.05, 4.69) is 34.5 Å². The van der Waals surface area contributed by atoms with Crippen LogP contribution in [-0.4, -0.2) is 21.2 Å². The van der Waals surface area contributed by atoms with Gasteiger partial charge < -0.3 is 15.0 Å². The van der Waals surface area contributed by atoms with Crippen LogP contribution in [0, 0.1) is 0 Å². The van der Waals surface area contributed by atoms with E-state index in [-0.39, 0.29) is 0 Å². The maximum absolute atomic E-state index is 6.03. The summed E-state index contributed by atoms with van der Waals surface area (Å²) in [4.78, 5) is 2.09. The van der Waals surface area contributed by atoms with Crippen LogP contribution in [0.3, 0.4) is 0 Å². The Morgan fingerprint density at radius 2 is 1.76 bits per heavy atom. The standard InChI is InChI=1S/C17H21ClN2O/c1-20(2)16-7-4-13(5-8-16)11-19-12-14-10-15(18)6-9-17(14)21-3/h4-10,19H,11-12H2,1-3H3. The van der Waals surface area contributed by atoms with E-state index in [4.69, 9.17) is 16.3 Å². The Morgan fingerprint density at radius 1 is 1.05 bits per heavy atom. The molecular weight excluding hydrogens is 284 g/mol. The third-order valence-electron chi connectivity index (χ3n) is 3.34. The van der Waals surface area contributed by atoms with Crippen molar-refractivity contribution < 1.29 is 4.74 Å². The zero-order chi connectivity index (χ0) is 15.2. The molecule has 0 aliphatic carbocycles. The number of rotatable bonds is 6. The average Bonchev–Trinajstić information content (AvgIpc) is 2.48. The number of ether oxygens (including phenoxy) is 1. The van der Waals surface area contributed by atoms with Gasteiger partial charge in [0, 0.05) is 43.5 Å². The Morgan fingerprint density at radius 3 is 2.38 bits per heavy atom. The van der Waals surface area contributed by atoms with Gasteiger partial charge in [0.25, 0.3) is 0 Å². The quantitative estimate of drug-likeness (QED) is 0.880. The van der Waals surface area contributed by atoms with Crippen LogP contribution in [0.25, 0.3) is 0 Å². The highest BCUT2D eigenvalue weighted by molar-refractivity contribution is 6.30. The highest BCUT2D eigenvalue weighted by Crippen LogP contribution is 2.22. The number of hydrogen-bond acceptors (Lipinski definition) is 3. The van der Waals surface area contributed by atoms with E-state index >= 15 is 0 Å². The van der Waals surface area contributed by atoms with E-state index in [9.17, 15) is 0 Å². The van der Waals surface area contributed by atoms with Crippen LogP contribution in [0.4, 0.5) is 5.69 Å². The fourth-order valence-electron chi connectivity index (χ4n) is 2.14. The van der Waals surface area contributed by atoms with Gasteiger partial charge in [-0.25, -0.2) is 0 Å². The first-order valence-electron chi connectivity index (χ1n) is 6.89. The molecule has 0 spiro atoms. The van der Waals surface area contributed by atoms with Crippen LogP contribution in [0.1, 0.15) is 11.1 Å². The summed E-state index contributed by atoms with van der Waals surface area (Å²) in [7, 11) is 5.75. The van der Waals surface area contributed by atoms with Gasteiger partial charge in [-0.05, 0) is 35.9 Å². The molecule has 2 aromatic rings. The van der Waals surface area contributed by atoms with Crippen molar-refractivity contribution in [3.8, 4) is 5.75 Å². The number of nitrogens with one attached hydrogen (secondary N) is 1. The zero-order valence-electron chi connectivity index (χ0n) is 12.7. The van der Waals surface area contributed by atoms with Crippen molar-refractivity contribution in [3.05, 3.63) is 58.6 Å². The Hall–Kier alpha value is -1.71. The SMILES string of the molecule is COc1ccc(Cl)cc1CNCc1ccc(N(C)C)cc1. The lowest BCUT2D eigenvalue weighted by molar-refractivity contribution is 0.407. The van der Waals surface area contributed by atoms with E-state index in [1.165, 1.54) is 11.3 Å². The molecule has 0 amide bonds. The summed E-state index contributed by atoms with van der Waals surface area (Å²) in [6, 6.07) is 14.2. The molecule has 0 radical (unpaired) electrons. The van der Waals surface area contributed by atoms with E-state index < -0.39 is 0 Å². The predicted molar refractivity (Wildman–Crippen MR) is 89.3 cm³/mol. The predicted octanol–water partition coefficient (Wildman–Crippen LogP) is 3.70. The highest BCUT2D eigenvalue weighted by Gasteiger charge is 2.03. The molecule has 0 bridgehead atoms. The fraction of sp³-hybridized carbons (Fsp3) is 0.294. The van der Waals surface area contributed by atoms with Gasteiger partial charge in [0.15, 0.2) is 0 Å². The van der Waals surface area contributed by atoms with E-state index in [0.29, 0.717) is 0 Å². The van der Waals surface area contributed by atoms with E-state index in [1.807, 2.05) is 32.3 Å². The molecule has 0 unspecified atom stereocenters. The summed E-state index contributed by atoms with van der Waals surface area (Å²) in [6.07, 6.45) is 0. The fourth-order valence-corrected chi connectivity index (χ4v) is 2.33. The molecule has 0 aliphatic rings. The van der Waals surface area contributed by atoms with Gasteiger partial charge >= 0.3 is 0 Å². The lowest BCUT2D eigenvalue weighted by atomic mass is 10.1. The molecule has 2 aromatic carbocycles. The Bertz CT molecular complexity index is 582. The second-order valence-electron chi connectivity index (χ2n) is 5.12. The average molecular weight is 305 g/mol. The van der Waals surface area contributed by atoms with Crippen molar-refractivity contribution in [2.75, 3.05) is 26.1 Å². The van der Waals surface area contributed by atoms with Crippen molar-refractivity contribution in [2.24, 2.45) is 0 Å². The van der Waals surface area contributed by atoms with E-state index in [0.717, 1.165) is 29.4 Å². The van der Waals surface area contributed by atoms with Crippen LogP contribution in [-0.2, 0) is 13.1 Å². The van der Waals surface area contributed by atoms with Gasteiger partial charge in [0.1, 0.15) is 5.75 Å². The van der Waals surface area contributed by atoms with E-state index in [1.54, 1.807) is 7.11 Å². The molecule has 2 rings (SSSR count). The maximum atomic E-state index is 6.03. The lowest BCUT2D eigenvalue weighted by Crippen LogP contribution is -2.14. The normalized spacial score (nSPS) is 10.5. The molecule has 21 heavy (non-hydrogen) atoms. The zero-order valence-corrected chi connectivity index (χ0v) is 13.4. The molecule has 112 valence electrons. The molecule has 0 saturated heterocycles. The smallest absolute Gasteiger partial charge is 0.123 e. The third-order valence-corrected chi connectivity index (χ3v) is 3.57. The first-order valence-corrected chi connectivity index (χ1v) is 7.27. The minimum atomic E-state index is 0.721. The Labute approximate surface area is 131 Å². The Kier molecular flexibility index (Phi) is 5.48. The van der Waals surface area contributed by atoms with Gasteiger partial charge in [-0.2, -0.15) is 0 Å². The molecule has 0 saturated carbocycles. The molecule has 0 atom stereocenters. The van der Waals surface area contributed by atoms with Crippen molar-refractivity contribution in [3.63, 3.8) is 0 Å². The first kappa shape index (κ1) is 15.7. The summed E-state index contributed by atoms with van der Waals surface area (Å²) in [5.74, 6) is 0.856. The molecule has 0 fully saturated rings. The Balaban J connectivity index is 1.93. The second kappa shape index (κ2) is 7.34. The molecule has 0 aliphatic heterocycles. The molecule has 0 heterocycles. The summed E-state index contributed by atoms with van der Waals surface area (Å²) < 4.78 is 5.34. The second-order valence-corrected chi connectivity index (χ2v) is 5.56. The molecule has 3 nitrogen and oxygen atoms in total. The summed E-state index contributed by atoms with van der Waals surface area (Å²) in [6.45, 7) is 1.53. The first-order chi connectivity index (χ1) is 10.1. The number of methoxy groups -OCH3 is 1. The lowest BCUT2D eigenvalue weighted by Gasteiger charge is -2.13. The number of halogens is 1. The van der Waals surface area contributed by atoms with Gasteiger partial charge in [0.2, 0.25) is 0 Å². The van der Waals surface area contributed by atoms with Crippen molar-refractivity contribution >= 4 is 17.3 Å². The summed E-state index contributed by atoms with van der Waals surface area (Å²) >= 11 is 6.03. The molecule has 0 aromatic heterocycles. The van der Waals surface area contributed by atoms with Crippen LogP contribution in [0.15, 0.2) is 42.5 Å². The minimum absolute atomic E-state index is 0.721. The van der Waals surface area contributed by atoms with Crippen molar-refractivity contribution in [1.82, 2.24) is 5.32 Å². The number of hydrogen-bond donors (Lipinski definition) is 1. The maximum Gasteiger partial charge on any atom is 0.123 e. The van der Waals surface area contributed by atoms with Crippen LogP contribution in [0.2, 0.25) is 5.02 Å². The monoisotopic (exact) mass is 304 g/mol. The van der Waals surface area contributed by atoms with Crippen LogP contribution in [0.5, 0.6) is 5.75 Å². The van der Waals surface area contributed by atoms with Gasteiger partial charge in [-0.3, -0.25) is 0 Å². The van der Waals surface area contributed by atoms with Gasteiger partial charge in [-0.15, -0.1) is 0 Å². The minimum Gasteiger partial charge on any atom is -0.496 e. The largest absolute Gasteiger partial charge is 0.496 e. The summed E-state index contributed by atoms with van der Waals surface area (Å²) in [5.41, 5.74) is 3.52. The van der Waals surface area contributed by atoms with Crippen LogP contribution < -0.4 is 15.0 Å². The number of anilines is 1. The summed E-state index contributed by atoms with van der Waals surface area (Å²) in [5, 5.41) is 4.14. The number of benzene rings is 2. The number of nitrogens with zero attached hydrogens (tertiary/aromatic N) is 1. The molecular formula is C17H21ClN2O. The highest BCUT2D eigenvalue weighted by atomic mass is 35.5. The topological polar surface area (TPSA) is 24.5 Å². The van der Waals surface area contributed by atoms with Gasteiger partial charge in [-0.1, -0.05) is 23.7 Å². The third kappa shape index (κ3) is 4.38. The van der Waals surface area contributed by atoms with Gasteiger partial charge in [0.05, 0.1) is 7.11 Å². The molecule has 4 heteroatoms. The van der Waals surface area contributed by atoms with Crippen molar-refractivity contribution in [2.45, 2.75) is 13.1 Å². The molecule has 1 N–H and O–H groups in total. The van der Waals surface area contributed by atoms with Crippen LogP contribution >= 0.6 is 11.6 Å².